The van der Waals surface area contributed by atoms with E-state index in [1.807, 2.05) is 23.9 Å². The summed E-state index contributed by atoms with van der Waals surface area (Å²) < 4.78 is 11.5. The van der Waals surface area contributed by atoms with Gasteiger partial charge in [0, 0.05) is 12.6 Å². The number of methoxy groups -OCH3 is 1. The normalized spacial score (nSPS) is 26.5. The molecule has 116 valence electrons. The maximum absolute atomic E-state index is 6.57. The number of ether oxygens (including phenoxy) is 2. The fourth-order valence-electron chi connectivity index (χ4n) is 3.59. The molecule has 1 spiro atoms. The molecular weight excluding hydrogens is 282 g/mol. The van der Waals surface area contributed by atoms with E-state index in [4.69, 9.17) is 15.2 Å². The first-order chi connectivity index (χ1) is 10.2. The Morgan fingerprint density at radius 1 is 1.38 bits per heavy atom. The van der Waals surface area contributed by atoms with Crippen LogP contribution in [0.25, 0.3) is 0 Å². The van der Waals surface area contributed by atoms with Crippen LogP contribution >= 0.6 is 11.8 Å². The van der Waals surface area contributed by atoms with Gasteiger partial charge < -0.3 is 15.2 Å². The van der Waals surface area contributed by atoms with E-state index in [0.717, 1.165) is 25.2 Å². The van der Waals surface area contributed by atoms with Crippen molar-refractivity contribution in [3.05, 3.63) is 29.8 Å². The Labute approximate surface area is 131 Å². The van der Waals surface area contributed by atoms with Crippen LogP contribution in [-0.4, -0.2) is 30.8 Å². The highest BCUT2D eigenvalue weighted by Gasteiger charge is 2.40. The van der Waals surface area contributed by atoms with E-state index >= 15 is 0 Å². The lowest BCUT2D eigenvalue weighted by Gasteiger charge is -2.44. The minimum atomic E-state index is 0.0791. The summed E-state index contributed by atoms with van der Waals surface area (Å²) >= 11 is 2.05. The number of hydrogen-bond acceptors (Lipinski definition) is 4. The maximum Gasteiger partial charge on any atom is 0.119 e. The van der Waals surface area contributed by atoms with Crippen LogP contribution in [-0.2, 0) is 4.74 Å². The molecule has 3 nitrogen and oxygen atoms in total. The van der Waals surface area contributed by atoms with E-state index in [1.165, 1.54) is 29.9 Å². The molecule has 2 fully saturated rings. The van der Waals surface area contributed by atoms with Crippen molar-refractivity contribution in [1.82, 2.24) is 0 Å². The largest absolute Gasteiger partial charge is 0.497 e. The van der Waals surface area contributed by atoms with Crippen LogP contribution in [0.3, 0.4) is 0 Å². The molecule has 21 heavy (non-hydrogen) atoms. The predicted molar refractivity (Wildman–Crippen MR) is 87.9 cm³/mol. The first kappa shape index (κ1) is 15.2. The first-order valence-electron chi connectivity index (χ1n) is 7.84. The van der Waals surface area contributed by atoms with Crippen molar-refractivity contribution in [2.45, 2.75) is 37.3 Å². The molecule has 0 bridgehead atoms. The molecule has 0 saturated carbocycles. The maximum atomic E-state index is 6.57. The Morgan fingerprint density at radius 3 is 2.95 bits per heavy atom. The standard InChI is InChI=1S/C17H25NO2S/c1-19-15-4-2-3-13(11-15)16(18)14-5-8-20-17(12-14)6-9-21-10-7-17/h2-4,11,14,16H,5-10,12,18H2,1H3. The van der Waals surface area contributed by atoms with Gasteiger partial charge in [-0.2, -0.15) is 11.8 Å². The zero-order valence-corrected chi connectivity index (χ0v) is 13.5. The fraction of sp³-hybridized carbons (Fsp3) is 0.647. The lowest BCUT2D eigenvalue weighted by atomic mass is 9.77. The monoisotopic (exact) mass is 307 g/mol. The van der Waals surface area contributed by atoms with Gasteiger partial charge >= 0.3 is 0 Å². The smallest absolute Gasteiger partial charge is 0.119 e. The molecule has 2 unspecified atom stereocenters. The van der Waals surface area contributed by atoms with Gasteiger partial charge in [-0.3, -0.25) is 0 Å². The number of hydrogen-bond donors (Lipinski definition) is 1. The molecular formula is C17H25NO2S. The van der Waals surface area contributed by atoms with E-state index in [9.17, 15) is 0 Å². The van der Waals surface area contributed by atoms with Crippen molar-refractivity contribution < 1.29 is 9.47 Å². The minimum Gasteiger partial charge on any atom is -0.497 e. The lowest BCUT2D eigenvalue weighted by Crippen LogP contribution is -2.45. The Morgan fingerprint density at radius 2 is 2.19 bits per heavy atom. The van der Waals surface area contributed by atoms with Crippen LogP contribution in [0.1, 0.15) is 37.3 Å². The van der Waals surface area contributed by atoms with Crippen molar-refractivity contribution in [2.75, 3.05) is 25.2 Å². The predicted octanol–water partition coefficient (Wildman–Crippen LogP) is 3.39. The topological polar surface area (TPSA) is 44.5 Å². The van der Waals surface area contributed by atoms with E-state index < -0.39 is 0 Å². The van der Waals surface area contributed by atoms with Gasteiger partial charge in [-0.05, 0) is 60.8 Å². The Balaban J connectivity index is 1.72. The van der Waals surface area contributed by atoms with Crippen LogP contribution in [0.5, 0.6) is 5.75 Å². The quantitative estimate of drug-likeness (QED) is 0.929. The molecule has 2 saturated heterocycles. The van der Waals surface area contributed by atoms with E-state index in [1.54, 1.807) is 7.11 Å². The molecule has 0 amide bonds. The zero-order chi connectivity index (χ0) is 14.7. The third-order valence-electron chi connectivity index (χ3n) is 4.92. The first-order valence-corrected chi connectivity index (χ1v) is 8.99. The summed E-state index contributed by atoms with van der Waals surface area (Å²) in [6, 6.07) is 8.27. The van der Waals surface area contributed by atoms with Crippen LogP contribution in [0.15, 0.2) is 24.3 Å². The Bertz CT molecular complexity index is 468. The lowest BCUT2D eigenvalue weighted by molar-refractivity contribution is -0.105. The summed E-state index contributed by atoms with van der Waals surface area (Å²) in [7, 11) is 1.70. The van der Waals surface area contributed by atoms with Gasteiger partial charge in [0.1, 0.15) is 5.75 Å². The number of thioether (sulfide) groups is 1. The summed E-state index contributed by atoms with van der Waals surface area (Å²) in [5.74, 6) is 3.84. The van der Waals surface area contributed by atoms with Crippen molar-refractivity contribution >= 4 is 11.8 Å². The van der Waals surface area contributed by atoms with Crippen molar-refractivity contribution in [1.29, 1.82) is 0 Å². The molecule has 2 aliphatic rings. The van der Waals surface area contributed by atoms with Crippen LogP contribution in [0.2, 0.25) is 0 Å². The molecule has 1 aromatic rings. The fourth-order valence-corrected chi connectivity index (χ4v) is 4.82. The molecule has 0 aromatic heterocycles. The van der Waals surface area contributed by atoms with Gasteiger partial charge in [-0.1, -0.05) is 12.1 Å². The molecule has 1 aromatic carbocycles. The van der Waals surface area contributed by atoms with Crippen molar-refractivity contribution in [2.24, 2.45) is 11.7 Å². The number of rotatable bonds is 3. The molecule has 3 rings (SSSR count). The van der Waals surface area contributed by atoms with Crippen LogP contribution in [0.4, 0.5) is 0 Å². The van der Waals surface area contributed by atoms with Gasteiger partial charge in [0.05, 0.1) is 12.7 Å². The highest BCUT2D eigenvalue weighted by molar-refractivity contribution is 7.99. The third-order valence-corrected chi connectivity index (χ3v) is 5.91. The highest BCUT2D eigenvalue weighted by atomic mass is 32.2. The molecule has 0 aliphatic carbocycles. The highest BCUT2D eigenvalue weighted by Crippen LogP contribution is 2.43. The van der Waals surface area contributed by atoms with Crippen LogP contribution < -0.4 is 10.5 Å². The average Bonchev–Trinajstić information content (AvgIpc) is 2.55. The average molecular weight is 307 g/mol. The van der Waals surface area contributed by atoms with Crippen molar-refractivity contribution in [3.63, 3.8) is 0 Å². The zero-order valence-electron chi connectivity index (χ0n) is 12.7. The van der Waals surface area contributed by atoms with Gasteiger partial charge in [-0.25, -0.2) is 0 Å². The second-order valence-corrected chi connectivity index (χ2v) is 7.42. The van der Waals surface area contributed by atoms with Gasteiger partial charge in [0.25, 0.3) is 0 Å². The van der Waals surface area contributed by atoms with E-state index in [0.29, 0.717) is 5.92 Å². The second-order valence-electron chi connectivity index (χ2n) is 6.20. The van der Waals surface area contributed by atoms with E-state index in [2.05, 4.69) is 12.1 Å². The van der Waals surface area contributed by atoms with Crippen molar-refractivity contribution in [3.8, 4) is 5.75 Å². The molecule has 4 heteroatoms. The molecule has 2 N–H and O–H groups in total. The minimum absolute atomic E-state index is 0.0791. The summed E-state index contributed by atoms with van der Waals surface area (Å²) in [6.45, 7) is 0.854. The summed E-state index contributed by atoms with van der Waals surface area (Å²) in [5, 5.41) is 0. The van der Waals surface area contributed by atoms with Gasteiger partial charge in [0.15, 0.2) is 0 Å². The third kappa shape index (κ3) is 3.38. The Hall–Kier alpha value is -0.710. The summed E-state index contributed by atoms with van der Waals surface area (Å²) in [4.78, 5) is 0. The van der Waals surface area contributed by atoms with Gasteiger partial charge in [-0.15, -0.1) is 0 Å². The molecule has 2 aliphatic heterocycles. The van der Waals surface area contributed by atoms with E-state index in [-0.39, 0.29) is 11.6 Å². The Kier molecular flexibility index (Phi) is 4.77. The van der Waals surface area contributed by atoms with Crippen LogP contribution in [0, 0.1) is 5.92 Å². The molecule has 0 radical (unpaired) electrons. The summed E-state index contributed by atoms with van der Waals surface area (Å²) in [5.41, 5.74) is 7.85. The molecule has 2 atom stereocenters. The summed E-state index contributed by atoms with van der Waals surface area (Å²) in [6.07, 6.45) is 4.53. The number of benzene rings is 1. The number of nitrogens with two attached hydrogens (primary N) is 1. The second kappa shape index (κ2) is 6.59. The molecule has 2 heterocycles. The SMILES string of the molecule is COc1cccc(C(N)C2CCOC3(CCSCC3)C2)c1. The van der Waals surface area contributed by atoms with Gasteiger partial charge in [0.2, 0.25) is 0 Å².